The Bertz CT molecular complexity index is 1420. The summed E-state index contributed by atoms with van der Waals surface area (Å²) in [6.07, 6.45) is 10.0. The van der Waals surface area contributed by atoms with Gasteiger partial charge in [-0.2, -0.15) is 17.2 Å². The SMILES string of the molecule is C[N+]1=C(C=CC=C2N(CCCCCC(=O)NCCNC(=O)[C@@H](N)CS)c3ccccc3C2(C)C)C(C)(C)c2ccccc21. The predicted octanol–water partition coefficient (Wildman–Crippen LogP) is 4.98. The van der Waals surface area contributed by atoms with Crippen LogP contribution in [0.3, 0.4) is 0 Å². The van der Waals surface area contributed by atoms with Crippen molar-refractivity contribution in [2.45, 2.75) is 70.3 Å². The summed E-state index contributed by atoms with van der Waals surface area (Å²) in [4.78, 5) is 26.4. The maximum atomic E-state index is 12.3. The normalized spacial score (nSPS) is 18.2. The van der Waals surface area contributed by atoms with E-state index in [1.54, 1.807) is 0 Å². The summed E-state index contributed by atoms with van der Waals surface area (Å²) in [5, 5.41) is 5.58. The van der Waals surface area contributed by atoms with Crippen LogP contribution >= 0.6 is 12.6 Å². The van der Waals surface area contributed by atoms with Crippen molar-refractivity contribution in [3.8, 4) is 0 Å². The van der Waals surface area contributed by atoms with E-state index in [9.17, 15) is 9.59 Å². The first-order valence-corrected chi connectivity index (χ1v) is 16.0. The zero-order chi connectivity index (χ0) is 31.2. The molecule has 7 nitrogen and oxygen atoms in total. The third-order valence-corrected chi connectivity index (χ3v) is 9.21. The number of carbonyl (C=O) groups excluding carboxylic acids is 2. The van der Waals surface area contributed by atoms with Crippen molar-refractivity contribution in [1.29, 1.82) is 0 Å². The van der Waals surface area contributed by atoms with Crippen LogP contribution in [-0.4, -0.2) is 60.6 Å². The average Bonchev–Trinajstić information content (AvgIpc) is 3.33. The standard InChI is InChI=1S/C35H47N5O2S/c1-34(2)25-14-8-10-16-28(25)39(5)30(34)18-13-19-31-35(3,4)26-15-9-11-17-29(26)40(31)23-12-6-7-20-32(41)37-21-22-38-33(42)27(36)24-43/h8-11,13-19,27H,6-7,12,20-24,36H2,1-5H3,(H2-,37,38,41,42,43)/p+1/t27-/m0/s1. The number of hydrogen-bond acceptors (Lipinski definition) is 5. The van der Waals surface area contributed by atoms with E-state index in [0.29, 0.717) is 19.5 Å². The second-order valence-corrected chi connectivity index (χ2v) is 12.9. The third-order valence-electron chi connectivity index (χ3n) is 8.81. The van der Waals surface area contributed by atoms with E-state index in [2.05, 4.69) is 134 Å². The Morgan fingerprint density at radius 2 is 1.63 bits per heavy atom. The predicted molar refractivity (Wildman–Crippen MR) is 181 cm³/mol. The molecule has 2 aromatic carbocycles. The Kier molecular flexibility index (Phi) is 10.6. The van der Waals surface area contributed by atoms with Crippen LogP contribution in [0.2, 0.25) is 0 Å². The van der Waals surface area contributed by atoms with E-state index in [-0.39, 0.29) is 28.4 Å². The van der Waals surface area contributed by atoms with E-state index in [1.165, 1.54) is 33.9 Å². The minimum atomic E-state index is -0.628. The first kappa shape index (κ1) is 32.6. The van der Waals surface area contributed by atoms with Gasteiger partial charge in [0.25, 0.3) is 0 Å². The first-order valence-electron chi connectivity index (χ1n) is 15.4. The van der Waals surface area contributed by atoms with Crippen LogP contribution in [0.5, 0.6) is 0 Å². The van der Waals surface area contributed by atoms with Crippen LogP contribution in [-0.2, 0) is 20.4 Å². The molecule has 4 N–H and O–H groups in total. The molecule has 43 heavy (non-hydrogen) atoms. The molecule has 0 bridgehead atoms. The number of anilines is 1. The number of hydrogen-bond donors (Lipinski definition) is 4. The number of amides is 2. The van der Waals surface area contributed by atoms with Gasteiger partial charge in [0.2, 0.25) is 17.5 Å². The van der Waals surface area contributed by atoms with Crippen molar-refractivity contribution in [2.24, 2.45) is 5.73 Å². The van der Waals surface area contributed by atoms with Crippen LogP contribution in [0.4, 0.5) is 11.4 Å². The van der Waals surface area contributed by atoms with E-state index in [4.69, 9.17) is 5.73 Å². The molecule has 2 heterocycles. The first-order chi connectivity index (χ1) is 20.5. The van der Waals surface area contributed by atoms with Crippen LogP contribution < -0.4 is 21.3 Å². The number of unbranched alkanes of at least 4 members (excludes halogenated alkanes) is 2. The molecule has 0 unspecified atom stereocenters. The summed E-state index contributed by atoms with van der Waals surface area (Å²) in [5.41, 5.74) is 13.3. The molecule has 0 saturated carbocycles. The number of rotatable bonds is 13. The van der Waals surface area contributed by atoms with Gasteiger partial charge in [-0.15, -0.1) is 0 Å². The molecular formula is C35H48N5O2S+. The number of para-hydroxylation sites is 2. The lowest BCUT2D eigenvalue weighted by Gasteiger charge is -2.27. The van der Waals surface area contributed by atoms with Gasteiger partial charge in [0.1, 0.15) is 7.05 Å². The lowest BCUT2D eigenvalue weighted by atomic mass is 9.81. The number of fused-ring (bicyclic) bond motifs is 2. The van der Waals surface area contributed by atoms with Gasteiger partial charge < -0.3 is 21.3 Å². The number of carbonyl (C=O) groups is 2. The molecule has 0 aliphatic carbocycles. The fraction of sp³-hybridized carbons (Fsp3) is 0.457. The Balaban J connectivity index is 1.35. The van der Waals surface area contributed by atoms with Gasteiger partial charge in [0, 0.05) is 66.3 Å². The zero-order valence-electron chi connectivity index (χ0n) is 26.3. The molecule has 2 amide bonds. The largest absolute Gasteiger partial charge is 0.354 e. The van der Waals surface area contributed by atoms with Crippen molar-refractivity contribution in [2.75, 3.05) is 37.3 Å². The Labute approximate surface area is 262 Å². The number of allylic oxidation sites excluding steroid dienone is 4. The summed E-state index contributed by atoms with van der Waals surface area (Å²) in [7, 11) is 2.15. The smallest absolute Gasteiger partial charge is 0.237 e. The van der Waals surface area contributed by atoms with Crippen molar-refractivity contribution in [1.82, 2.24) is 10.6 Å². The van der Waals surface area contributed by atoms with Crippen molar-refractivity contribution in [3.05, 3.63) is 83.6 Å². The van der Waals surface area contributed by atoms with E-state index < -0.39 is 6.04 Å². The van der Waals surface area contributed by atoms with Gasteiger partial charge in [-0.1, -0.05) is 62.7 Å². The van der Waals surface area contributed by atoms with Gasteiger partial charge >= 0.3 is 0 Å². The van der Waals surface area contributed by atoms with Gasteiger partial charge in [-0.05, 0) is 44.4 Å². The van der Waals surface area contributed by atoms with Crippen LogP contribution in [0, 0.1) is 0 Å². The molecule has 0 aromatic heterocycles. The van der Waals surface area contributed by atoms with E-state index in [0.717, 1.165) is 25.8 Å². The lowest BCUT2D eigenvalue weighted by molar-refractivity contribution is -0.401. The molecule has 8 heteroatoms. The van der Waals surface area contributed by atoms with Crippen molar-refractivity contribution < 1.29 is 14.2 Å². The minimum absolute atomic E-state index is 0.00516. The molecule has 0 saturated heterocycles. The molecule has 4 rings (SSSR count). The topological polar surface area (TPSA) is 90.5 Å². The Morgan fingerprint density at radius 3 is 2.35 bits per heavy atom. The second kappa shape index (κ2) is 14.0. The lowest BCUT2D eigenvalue weighted by Crippen LogP contribution is -2.44. The monoisotopic (exact) mass is 602 g/mol. The summed E-state index contributed by atoms with van der Waals surface area (Å²) >= 11 is 4.03. The zero-order valence-corrected chi connectivity index (χ0v) is 27.2. The third kappa shape index (κ3) is 7.07. The quantitative estimate of drug-likeness (QED) is 0.148. The number of nitrogens with zero attached hydrogens (tertiary/aromatic N) is 2. The number of nitrogens with one attached hydrogen (secondary N) is 2. The van der Waals surface area contributed by atoms with Gasteiger partial charge in [-0.3, -0.25) is 9.59 Å². The molecule has 230 valence electrons. The highest BCUT2D eigenvalue weighted by molar-refractivity contribution is 7.80. The molecule has 1 atom stereocenters. The van der Waals surface area contributed by atoms with E-state index in [1.807, 2.05) is 0 Å². The van der Waals surface area contributed by atoms with Gasteiger partial charge in [-0.25, -0.2) is 0 Å². The van der Waals surface area contributed by atoms with Crippen LogP contribution in [0.25, 0.3) is 0 Å². The summed E-state index contributed by atoms with van der Waals surface area (Å²) in [5.74, 6) is 0.0432. The fourth-order valence-electron chi connectivity index (χ4n) is 6.34. The highest BCUT2D eigenvalue weighted by Crippen LogP contribution is 2.47. The average molecular weight is 603 g/mol. The number of nitrogens with two attached hydrogens (primary N) is 1. The molecule has 2 aliphatic rings. The molecule has 2 aliphatic heterocycles. The molecule has 2 aromatic rings. The summed E-state index contributed by atoms with van der Waals surface area (Å²) < 4.78 is 2.31. The van der Waals surface area contributed by atoms with E-state index >= 15 is 0 Å². The molecule has 0 spiro atoms. The van der Waals surface area contributed by atoms with Crippen molar-refractivity contribution in [3.63, 3.8) is 0 Å². The Hall–Kier alpha value is -3.36. The van der Waals surface area contributed by atoms with Crippen molar-refractivity contribution >= 4 is 41.5 Å². The second-order valence-electron chi connectivity index (χ2n) is 12.5. The molecule has 0 radical (unpaired) electrons. The maximum Gasteiger partial charge on any atom is 0.237 e. The Morgan fingerprint density at radius 1 is 0.953 bits per heavy atom. The maximum absolute atomic E-state index is 12.3. The van der Waals surface area contributed by atoms with Gasteiger partial charge in [0.15, 0.2) is 5.71 Å². The van der Waals surface area contributed by atoms with Crippen LogP contribution in [0.1, 0.15) is 64.5 Å². The molecule has 0 fully saturated rings. The number of benzene rings is 2. The number of thiol groups is 1. The highest BCUT2D eigenvalue weighted by atomic mass is 32.1. The summed E-state index contributed by atoms with van der Waals surface area (Å²) in [6, 6.07) is 16.7. The van der Waals surface area contributed by atoms with Crippen LogP contribution in [0.15, 0.2) is 72.5 Å². The minimum Gasteiger partial charge on any atom is -0.354 e. The van der Waals surface area contributed by atoms with Gasteiger partial charge in [0.05, 0.1) is 11.5 Å². The fourth-order valence-corrected chi connectivity index (χ4v) is 6.50. The highest BCUT2D eigenvalue weighted by Gasteiger charge is 2.43. The summed E-state index contributed by atoms with van der Waals surface area (Å²) in [6.45, 7) is 10.8. The molecular weight excluding hydrogens is 554 g/mol.